The molecule has 0 aliphatic carbocycles. The van der Waals surface area contributed by atoms with Crippen LogP contribution in [0, 0.1) is 11.8 Å². The minimum absolute atomic E-state index is 0.697. The van der Waals surface area contributed by atoms with Gasteiger partial charge >= 0.3 is 0 Å². The summed E-state index contributed by atoms with van der Waals surface area (Å²) in [5.74, 6) is 2.47. The first-order valence-electron chi connectivity index (χ1n) is 8.37. The van der Waals surface area contributed by atoms with Crippen LogP contribution >= 0.6 is 0 Å². The topological polar surface area (TPSA) is 24.5 Å². The van der Waals surface area contributed by atoms with Crippen molar-refractivity contribution in [3.05, 3.63) is 24.3 Å². The second-order valence-corrected chi connectivity index (χ2v) is 6.43. The van der Waals surface area contributed by atoms with Gasteiger partial charge in [0.15, 0.2) is 0 Å². The fourth-order valence-electron chi connectivity index (χ4n) is 2.75. The van der Waals surface area contributed by atoms with E-state index in [1.807, 2.05) is 0 Å². The van der Waals surface area contributed by atoms with Gasteiger partial charge in [0.25, 0.3) is 0 Å². The van der Waals surface area contributed by atoms with Crippen LogP contribution in [0.25, 0.3) is 0 Å². The molecule has 0 aromatic heterocycles. The van der Waals surface area contributed by atoms with Crippen molar-refractivity contribution in [2.45, 2.75) is 33.6 Å². The minimum Gasteiger partial charge on any atom is -0.494 e. The van der Waals surface area contributed by atoms with Gasteiger partial charge in [-0.2, -0.15) is 0 Å². The van der Waals surface area contributed by atoms with Crippen LogP contribution in [0.1, 0.15) is 33.6 Å². The predicted molar refractivity (Wildman–Crippen MR) is 90.3 cm³/mol. The number of anilines is 1. The summed E-state index contributed by atoms with van der Waals surface area (Å²) in [5, 5.41) is 3.46. The zero-order valence-electron chi connectivity index (χ0n) is 13.8. The van der Waals surface area contributed by atoms with Crippen molar-refractivity contribution in [2.75, 3.05) is 37.7 Å². The Morgan fingerprint density at radius 2 is 2.05 bits per heavy atom. The molecule has 2 rings (SSSR count). The highest BCUT2D eigenvalue weighted by atomic mass is 16.5. The summed E-state index contributed by atoms with van der Waals surface area (Å²) in [6.45, 7) is 12.0. The molecule has 1 aliphatic heterocycles. The molecule has 1 heterocycles. The lowest BCUT2D eigenvalue weighted by molar-refractivity contribution is 0.289. The maximum absolute atomic E-state index is 5.78. The molecule has 1 aromatic carbocycles. The van der Waals surface area contributed by atoms with Crippen LogP contribution < -0.4 is 15.0 Å². The number of hydrogen-bond donors (Lipinski definition) is 1. The summed E-state index contributed by atoms with van der Waals surface area (Å²) in [4.78, 5) is 2.49. The Kier molecular flexibility index (Phi) is 6.37. The number of nitrogens with zero attached hydrogens (tertiary/aromatic N) is 1. The van der Waals surface area contributed by atoms with E-state index >= 15 is 0 Å². The van der Waals surface area contributed by atoms with Gasteiger partial charge in [0.2, 0.25) is 0 Å². The van der Waals surface area contributed by atoms with Gasteiger partial charge in [-0.05, 0) is 62.0 Å². The molecule has 1 atom stereocenters. The minimum atomic E-state index is 0.697. The van der Waals surface area contributed by atoms with Crippen molar-refractivity contribution in [3.63, 3.8) is 0 Å². The zero-order chi connectivity index (χ0) is 15.1. The second-order valence-electron chi connectivity index (χ2n) is 6.43. The summed E-state index contributed by atoms with van der Waals surface area (Å²) < 4.78 is 5.78. The maximum atomic E-state index is 5.78. The quantitative estimate of drug-likeness (QED) is 0.792. The van der Waals surface area contributed by atoms with Gasteiger partial charge in [-0.3, -0.25) is 0 Å². The number of nitrogens with one attached hydrogen (secondary N) is 1. The standard InChI is InChI=1S/C18H30N2O/c1-4-19-13-16-9-11-20(14-16)17-5-7-18(8-6-17)21-12-10-15(2)3/h5-8,15-16,19H,4,9-14H2,1-3H3. The number of ether oxygens (including phenoxy) is 1. The SMILES string of the molecule is CCNCC1CCN(c2ccc(OCCC(C)C)cc2)C1. The predicted octanol–water partition coefficient (Wildman–Crippen LogP) is 3.55. The molecule has 0 amide bonds. The monoisotopic (exact) mass is 290 g/mol. The van der Waals surface area contributed by atoms with E-state index in [0.29, 0.717) is 5.92 Å². The van der Waals surface area contributed by atoms with Crippen LogP contribution in [-0.2, 0) is 0 Å². The maximum Gasteiger partial charge on any atom is 0.119 e. The molecule has 118 valence electrons. The third-order valence-electron chi connectivity index (χ3n) is 4.13. The van der Waals surface area contributed by atoms with Crippen molar-refractivity contribution in [1.29, 1.82) is 0 Å². The average Bonchev–Trinajstić information content (AvgIpc) is 2.94. The highest BCUT2D eigenvalue weighted by Gasteiger charge is 2.22. The Morgan fingerprint density at radius 1 is 1.29 bits per heavy atom. The Labute approximate surface area is 129 Å². The molecule has 1 aromatic rings. The molecule has 1 N–H and O–H groups in total. The number of hydrogen-bond acceptors (Lipinski definition) is 3. The van der Waals surface area contributed by atoms with Gasteiger partial charge in [-0.1, -0.05) is 20.8 Å². The highest BCUT2D eigenvalue weighted by molar-refractivity contribution is 5.49. The third kappa shape index (κ3) is 5.24. The zero-order valence-corrected chi connectivity index (χ0v) is 13.8. The van der Waals surface area contributed by atoms with Crippen LogP contribution in [0.4, 0.5) is 5.69 Å². The molecule has 3 nitrogen and oxygen atoms in total. The van der Waals surface area contributed by atoms with E-state index in [1.165, 1.54) is 25.2 Å². The smallest absolute Gasteiger partial charge is 0.119 e. The van der Waals surface area contributed by atoms with E-state index < -0.39 is 0 Å². The van der Waals surface area contributed by atoms with Crippen LogP contribution in [0.5, 0.6) is 5.75 Å². The Balaban J connectivity index is 1.79. The fraction of sp³-hybridized carbons (Fsp3) is 0.667. The van der Waals surface area contributed by atoms with Gasteiger partial charge < -0.3 is 15.0 Å². The number of benzene rings is 1. The molecular weight excluding hydrogens is 260 g/mol. The van der Waals surface area contributed by atoms with E-state index in [9.17, 15) is 0 Å². The van der Waals surface area contributed by atoms with Crippen LogP contribution in [0.3, 0.4) is 0 Å². The summed E-state index contributed by atoms with van der Waals surface area (Å²) in [6.07, 6.45) is 2.40. The van der Waals surface area contributed by atoms with Gasteiger partial charge in [0.1, 0.15) is 5.75 Å². The molecule has 0 bridgehead atoms. The fourth-order valence-corrected chi connectivity index (χ4v) is 2.75. The summed E-state index contributed by atoms with van der Waals surface area (Å²) in [6, 6.07) is 8.60. The summed E-state index contributed by atoms with van der Waals surface area (Å²) in [5.41, 5.74) is 1.32. The van der Waals surface area contributed by atoms with E-state index in [2.05, 4.69) is 55.3 Å². The van der Waals surface area contributed by atoms with Crippen LogP contribution in [0.2, 0.25) is 0 Å². The first kappa shape index (κ1) is 16.2. The molecule has 0 spiro atoms. The second kappa shape index (κ2) is 8.28. The van der Waals surface area contributed by atoms with Gasteiger partial charge in [-0.15, -0.1) is 0 Å². The van der Waals surface area contributed by atoms with Crippen molar-refractivity contribution in [3.8, 4) is 5.75 Å². The Hall–Kier alpha value is -1.22. The van der Waals surface area contributed by atoms with Crippen molar-refractivity contribution in [2.24, 2.45) is 11.8 Å². The molecule has 0 radical (unpaired) electrons. The molecule has 1 saturated heterocycles. The van der Waals surface area contributed by atoms with Crippen LogP contribution in [-0.4, -0.2) is 32.8 Å². The van der Waals surface area contributed by atoms with E-state index in [1.54, 1.807) is 0 Å². The summed E-state index contributed by atoms with van der Waals surface area (Å²) >= 11 is 0. The lowest BCUT2D eigenvalue weighted by Crippen LogP contribution is -2.26. The molecule has 1 unspecified atom stereocenters. The van der Waals surface area contributed by atoms with Gasteiger partial charge in [-0.25, -0.2) is 0 Å². The van der Waals surface area contributed by atoms with Gasteiger partial charge in [0.05, 0.1) is 6.61 Å². The van der Waals surface area contributed by atoms with E-state index in [4.69, 9.17) is 4.74 Å². The normalized spacial score (nSPS) is 18.5. The highest BCUT2D eigenvalue weighted by Crippen LogP contribution is 2.25. The van der Waals surface area contributed by atoms with Gasteiger partial charge in [0, 0.05) is 18.8 Å². The lowest BCUT2D eigenvalue weighted by Gasteiger charge is -2.19. The van der Waals surface area contributed by atoms with Crippen molar-refractivity contribution in [1.82, 2.24) is 5.32 Å². The lowest BCUT2D eigenvalue weighted by atomic mass is 10.1. The first-order chi connectivity index (χ1) is 10.2. The third-order valence-corrected chi connectivity index (χ3v) is 4.13. The molecule has 21 heavy (non-hydrogen) atoms. The largest absolute Gasteiger partial charge is 0.494 e. The molecule has 0 saturated carbocycles. The first-order valence-corrected chi connectivity index (χ1v) is 8.37. The van der Waals surface area contributed by atoms with Crippen molar-refractivity contribution >= 4 is 5.69 Å². The molecule has 1 fully saturated rings. The van der Waals surface area contributed by atoms with E-state index in [-0.39, 0.29) is 0 Å². The van der Waals surface area contributed by atoms with Crippen molar-refractivity contribution < 1.29 is 4.74 Å². The number of rotatable bonds is 8. The average molecular weight is 290 g/mol. The molecule has 3 heteroatoms. The summed E-state index contributed by atoms with van der Waals surface area (Å²) in [7, 11) is 0. The molecule has 1 aliphatic rings. The molecular formula is C18H30N2O. The van der Waals surface area contributed by atoms with Crippen LogP contribution in [0.15, 0.2) is 24.3 Å². The van der Waals surface area contributed by atoms with E-state index in [0.717, 1.165) is 37.8 Å². The Morgan fingerprint density at radius 3 is 2.71 bits per heavy atom. The Bertz CT molecular complexity index is 402.